The topological polar surface area (TPSA) is 72.3 Å². The molecule has 0 aliphatic carbocycles. The molecule has 0 aromatic heterocycles. The van der Waals surface area contributed by atoms with E-state index in [1.807, 2.05) is 0 Å². The Morgan fingerprint density at radius 2 is 2.20 bits per heavy atom. The van der Waals surface area contributed by atoms with Crippen molar-refractivity contribution in [2.45, 2.75) is 57.7 Å². The number of primary amides is 1. The molecule has 1 rings (SSSR count). The zero-order valence-corrected chi connectivity index (χ0v) is 9.99. The highest BCUT2D eigenvalue weighted by Gasteiger charge is 2.44. The molecule has 0 saturated carbocycles. The largest absolute Gasteiger partial charge is 0.370 e. The Labute approximate surface area is 92.0 Å². The van der Waals surface area contributed by atoms with Crippen LogP contribution in [0, 0.1) is 0 Å². The molecule has 1 fully saturated rings. The molecule has 88 valence electrons. The highest BCUT2D eigenvalue weighted by atomic mass is 16.1. The van der Waals surface area contributed by atoms with Gasteiger partial charge in [0.05, 0.1) is 0 Å². The summed E-state index contributed by atoms with van der Waals surface area (Å²) in [4.78, 5) is 13.4. The van der Waals surface area contributed by atoms with E-state index < -0.39 is 5.54 Å². The number of carbonyl (C=O) groups excluding carboxylic acids is 1. The van der Waals surface area contributed by atoms with Gasteiger partial charge in [0.2, 0.25) is 5.91 Å². The summed E-state index contributed by atoms with van der Waals surface area (Å²) in [5, 5.41) is 0. The molecule has 2 unspecified atom stereocenters. The van der Waals surface area contributed by atoms with E-state index in [1.165, 1.54) is 0 Å². The van der Waals surface area contributed by atoms with E-state index in [9.17, 15) is 4.79 Å². The van der Waals surface area contributed by atoms with Crippen LogP contribution < -0.4 is 11.5 Å². The summed E-state index contributed by atoms with van der Waals surface area (Å²) in [6, 6.07) is 0.762. The van der Waals surface area contributed by atoms with Gasteiger partial charge in [-0.2, -0.15) is 0 Å². The lowest BCUT2D eigenvalue weighted by atomic mass is 9.86. The molecule has 1 saturated heterocycles. The van der Waals surface area contributed by atoms with Crippen LogP contribution in [-0.2, 0) is 4.79 Å². The molecule has 1 heterocycles. The van der Waals surface area contributed by atoms with Crippen LogP contribution in [0.5, 0.6) is 0 Å². The minimum atomic E-state index is -0.412. The smallest absolute Gasteiger partial charge is 0.219 e. The second-order valence-corrected chi connectivity index (χ2v) is 4.88. The van der Waals surface area contributed by atoms with Crippen molar-refractivity contribution < 1.29 is 4.79 Å². The molecule has 0 radical (unpaired) electrons. The molecule has 1 amide bonds. The van der Waals surface area contributed by atoms with Crippen LogP contribution >= 0.6 is 0 Å². The van der Waals surface area contributed by atoms with Crippen molar-refractivity contribution in [3.8, 4) is 0 Å². The molecule has 4 N–H and O–H groups in total. The average molecular weight is 213 g/mol. The molecule has 4 nitrogen and oxygen atoms in total. The predicted molar refractivity (Wildman–Crippen MR) is 61.3 cm³/mol. The molecule has 0 aromatic carbocycles. The van der Waals surface area contributed by atoms with Gasteiger partial charge < -0.3 is 11.5 Å². The fraction of sp³-hybridized carbons (Fsp3) is 0.909. The van der Waals surface area contributed by atoms with Crippen LogP contribution in [-0.4, -0.2) is 35.0 Å². The number of amides is 1. The first-order valence-corrected chi connectivity index (χ1v) is 5.73. The van der Waals surface area contributed by atoms with Gasteiger partial charge in [-0.3, -0.25) is 9.69 Å². The minimum absolute atomic E-state index is 0.282. The van der Waals surface area contributed by atoms with Crippen LogP contribution in [0.15, 0.2) is 0 Å². The standard InChI is InChI=1S/C11H23N3O/c1-4-9-11(13,7-10(12)15)5-6-14(9)8(2)3/h8-9H,4-7,13H2,1-3H3,(H2,12,15). The molecule has 15 heavy (non-hydrogen) atoms. The lowest BCUT2D eigenvalue weighted by Crippen LogP contribution is -2.54. The molecule has 0 bridgehead atoms. The number of carbonyl (C=O) groups is 1. The summed E-state index contributed by atoms with van der Waals surface area (Å²) in [5.41, 5.74) is 11.1. The highest BCUT2D eigenvalue weighted by Crippen LogP contribution is 2.32. The second kappa shape index (κ2) is 4.49. The van der Waals surface area contributed by atoms with E-state index in [-0.39, 0.29) is 11.9 Å². The van der Waals surface area contributed by atoms with E-state index in [2.05, 4.69) is 25.7 Å². The fourth-order valence-corrected chi connectivity index (χ4v) is 2.78. The van der Waals surface area contributed by atoms with Crippen LogP contribution in [0.25, 0.3) is 0 Å². The van der Waals surface area contributed by atoms with Gasteiger partial charge in [0.1, 0.15) is 0 Å². The van der Waals surface area contributed by atoms with Crippen LogP contribution in [0.3, 0.4) is 0 Å². The van der Waals surface area contributed by atoms with Crippen molar-refractivity contribution in [3.05, 3.63) is 0 Å². The van der Waals surface area contributed by atoms with Crippen molar-refractivity contribution >= 4 is 5.91 Å². The zero-order valence-electron chi connectivity index (χ0n) is 9.99. The molecule has 0 spiro atoms. The average Bonchev–Trinajstić information content (AvgIpc) is 2.40. The van der Waals surface area contributed by atoms with Crippen molar-refractivity contribution in [2.75, 3.05) is 6.54 Å². The van der Waals surface area contributed by atoms with Crippen LogP contribution in [0.2, 0.25) is 0 Å². The number of hydrogen-bond donors (Lipinski definition) is 2. The van der Waals surface area contributed by atoms with Gasteiger partial charge in [0.25, 0.3) is 0 Å². The van der Waals surface area contributed by atoms with Crippen LogP contribution in [0.1, 0.15) is 40.0 Å². The summed E-state index contributed by atoms with van der Waals surface area (Å²) in [6.07, 6.45) is 2.14. The molecule has 2 atom stereocenters. The zero-order chi connectivity index (χ0) is 11.6. The quantitative estimate of drug-likeness (QED) is 0.712. The first kappa shape index (κ1) is 12.5. The monoisotopic (exact) mass is 213 g/mol. The minimum Gasteiger partial charge on any atom is -0.370 e. The summed E-state index contributed by atoms with van der Waals surface area (Å²) in [6.45, 7) is 7.42. The van der Waals surface area contributed by atoms with E-state index in [0.717, 1.165) is 19.4 Å². The number of hydrogen-bond acceptors (Lipinski definition) is 3. The number of nitrogens with two attached hydrogens (primary N) is 2. The van der Waals surface area contributed by atoms with E-state index in [0.29, 0.717) is 12.5 Å². The van der Waals surface area contributed by atoms with E-state index >= 15 is 0 Å². The fourth-order valence-electron chi connectivity index (χ4n) is 2.78. The number of nitrogens with zero attached hydrogens (tertiary/aromatic N) is 1. The third kappa shape index (κ3) is 2.49. The van der Waals surface area contributed by atoms with Gasteiger partial charge in [-0.1, -0.05) is 6.92 Å². The van der Waals surface area contributed by atoms with Crippen molar-refractivity contribution in [1.29, 1.82) is 0 Å². The lowest BCUT2D eigenvalue weighted by Gasteiger charge is -2.35. The van der Waals surface area contributed by atoms with Crippen molar-refractivity contribution in [2.24, 2.45) is 11.5 Å². The Morgan fingerprint density at radius 1 is 1.60 bits per heavy atom. The first-order chi connectivity index (χ1) is 6.90. The Kier molecular flexibility index (Phi) is 3.73. The molecule has 1 aliphatic rings. The second-order valence-electron chi connectivity index (χ2n) is 4.88. The van der Waals surface area contributed by atoms with Gasteiger partial charge in [-0.25, -0.2) is 0 Å². The van der Waals surface area contributed by atoms with Gasteiger partial charge in [-0.15, -0.1) is 0 Å². The number of likely N-dealkylation sites (tertiary alicyclic amines) is 1. The van der Waals surface area contributed by atoms with Gasteiger partial charge in [0.15, 0.2) is 0 Å². The summed E-state index contributed by atoms with van der Waals surface area (Å²) in [7, 11) is 0. The lowest BCUT2D eigenvalue weighted by molar-refractivity contribution is -0.119. The third-order valence-electron chi connectivity index (χ3n) is 3.45. The Hall–Kier alpha value is -0.610. The van der Waals surface area contributed by atoms with Gasteiger partial charge >= 0.3 is 0 Å². The summed E-state index contributed by atoms with van der Waals surface area (Å²) >= 11 is 0. The van der Waals surface area contributed by atoms with Crippen molar-refractivity contribution in [3.63, 3.8) is 0 Å². The van der Waals surface area contributed by atoms with Gasteiger partial charge in [-0.05, 0) is 26.7 Å². The SMILES string of the molecule is CCC1N(C(C)C)CCC1(N)CC(N)=O. The maximum Gasteiger partial charge on any atom is 0.219 e. The van der Waals surface area contributed by atoms with Crippen LogP contribution in [0.4, 0.5) is 0 Å². The Bertz CT molecular complexity index is 242. The molecular weight excluding hydrogens is 190 g/mol. The van der Waals surface area contributed by atoms with Crippen molar-refractivity contribution in [1.82, 2.24) is 4.90 Å². The highest BCUT2D eigenvalue weighted by molar-refractivity contribution is 5.75. The molecule has 0 aromatic rings. The molecular formula is C11H23N3O. The first-order valence-electron chi connectivity index (χ1n) is 5.73. The maximum atomic E-state index is 11.0. The molecule has 1 aliphatic heterocycles. The van der Waals surface area contributed by atoms with E-state index in [1.54, 1.807) is 0 Å². The maximum absolute atomic E-state index is 11.0. The van der Waals surface area contributed by atoms with Gasteiger partial charge in [0, 0.05) is 30.6 Å². The van der Waals surface area contributed by atoms with E-state index in [4.69, 9.17) is 11.5 Å². The summed E-state index contributed by atoms with van der Waals surface area (Å²) in [5.74, 6) is -0.290. The molecule has 4 heteroatoms. The predicted octanol–water partition coefficient (Wildman–Crippen LogP) is 0.452. The summed E-state index contributed by atoms with van der Waals surface area (Å²) < 4.78 is 0. The Balaban J connectivity index is 2.79. The normalized spacial score (nSPS) is 32.5. The third-order valence-corrected chi connectivity index (χ3v) is 3.45. The Morgan fingerprint density at radius 3 is 2.60 bits per heavy atom. The number of rotatable bonds is 4.